The van der Waals surface area contributed by atoms with Crippen molar-refractivity contribution in [2.75, 3.05) is 0 Å². The Morgan fingerprint density at radius 2 is 2.20 bits per heavy atom. The molecule has 0 bridgehead atoms. The maximum Gasteiger partial charge on any atom is 0.319 e. The van der Waals surface area contributed by atoms with Gasteiger partial charge in [-0.25, -0.2) is 0 Å². The minimum atomic E-state index is -0.484. The van der Waals surface area contributed by atoms with Crippen LogP contribution in [0.2, 0.25) is 0 Å². The van der Waals surface area contributed by atoms with Gasteiger partial charge in [0, 0.05) is 0 Å². The Bertz CT molecular complexity index is 304. The zero-order valence-corrected chi connectivity index (χ0v) is 4.72. The van der Waals surface area contributed by atoms with Gasteiger partial charge in [0.25, 0.3) is 0 Å². The summed E-state index contributed by atoms with van der Waals surface area (Å²) in [6.07, 6.45) is 1.37. The standard InChI is InChI=1S/C4HN5O/c10-4-3-2(1-5-7-3)6-9-8-4/h1H. The quantitative estimate of drug-likeness (QED) is 0.452. The van der Waals surface area contributed by atoms with Crippen molar-refractivity contribution in [2.24, 2.45) is 25.6 Å². The molecule has 0 spiro atoms. The van der Waals surface area contributed by atoms with Crippen molar-refractivity contribution in [3.8, 4) is 0 Å². The summed E-state index contributed by atoms with van der Waals surface area (Å²) in [6.45, 7) is 0. The Hall–Kier alpha value is -1.72. The molecule has 0 aromatic heterocycles. The first kappa shape index (κ1) is 5.10. The van der Waals surface area contributed by atoms with Gasteiger partial charge in [0.2, 0.25) is 0 Å². The van der Waals surface area contributed by atoms with Crippen LogP contribution in [0.1, 0.15) is 0 Å². The van der Waals surface area contributed by atoms with Crippen LogP contribution in [0.5, 0.6) is 0 Å². The number of fused-ring (bicyclic) bond motifs is 1. The molecule has 48 valence electrons. The van der Waals surface area contributed by atoms with Crippen LogP contribution in [0.3, 0.4) is 0 Å². The fraction of sp³-hybridized carbons (Fsp3) is 0. The highest BCUT2D eigenvalue weighted by molar-refractivity contribution is 6.79. The van der Waals surface area contributed by atoms with E-state index in [1.165, 1.54) is 6.21 Å². The van der Waals surface area contributed by atoms with Gasteiger partial charge in [0.15, 0.2) is 5.71 Å². The predicted molar refractivity (Wildman–Crippen MR) is 33.2 cm³/mol. The zero-order chi connectivity index (χ0) is 6.97. The van der Waals surface area contributed by atoms with E-state index in [0.29, 0.717) is 5.71 Å². The predicted octanol–water partition coefficient (Wildman–Crippen LogP) is -0.225. The highest BCUT2D eigenvalue weighted by Crippen LogP contribution is 2.01. The fourth-order valence-electron chi connectivity index (χ4n) is 0.638. The van der Waals surface area contributed by atoms with E-state index >= 15 is 0 Å². The molecule has 0 aliphatic carbocycles. The summed E-state index contributed by atoms with van der Waals surface area (Å²) in [5, 5.41) is 16.8. The first-order valence-corrected chi connectivity index (χ1v) is 2.52. The Morgan fingerprint density at radius 3 is 3.00 bits per heavy atom. The van der Waals surface area contributed by atoms with Gasteiger partial charge >= 0.3 is 5.91 Å². The SMILES string of the molecule is O=C1N=NN=C2C=NN=C12. The van der Waals surface area contributed by atoms with E-state index in [-0.39, 0.29) is 5.71 Å². The maximum absolute atomic E-state index is 10.7. The summed E-state index contributed by atoms with van der Waals surface area (Å²) in [4.78, 5) is 10.7. The van der Waals surface area contributed by atoms with E-state index in [1.54, 1.807) is 0 Å². The maximum atomic E-state index is 10.7. The summed E-state index contributed by atoms with van der Waals surface area (Å²) in [7, 11) is 0. The Labute approximate surface area is 55.1 Å². The van der Waals surface area contributed by atoms with Crippen molar-refractivity contribution < 1.29 is 4.79 Å². The second-order valence-electron chi connectivity index (χ2n) is 1.67. The van der Waals surface area contributed by atoms with Crippen LogP contribution < -0.4 is 0 Å². The molecular formula is C4HN5O. The van der Waals surface area contributed by atoms with Gasteiger partial charge in [0.05, 0.1) is 6.21 Å². The molecule has 0 atom stereocenters. The van der Waals surface area contributed by atoms with Crippen LogP contribution >= 0.6 is 0 Å². The van der Waals surface area contributed by atoms with Crippen LogP contribution in [-0.4, -0.2) is 23.5 Å². The molecule has 6 nitrogen and oxygen atoms in total. The number of rotatable bonds is 0. The van der Waals surface area contributed by atoms with Crippen LogP contribution in [0.15, 0.2) is 25.6 Å². The third kappa shape index (κ3) is 0.524. The lowest BCUT2D eigenvalue weighted by Crippen LogP contribution is -2.22. The number of nitrogens with zero attached hydrogens (tertiary/aromatic N) is 5. The van der Waals surface area contributed by atoms with E-state index in [1.807, 2.05) is 0 Å². The van der Waals surface area contributed by atoms with Gasteiger partial charge in [-0.3, -0.25) is 4.79 Å². The van der Waals surface area contributed by atoms with Gasteiger partial charge in [-0.1, -0.05) is 5.11 Å². The largest absolute Gasteiger partial charge is 0.319 e. The van der Waals surface area contributed by atoms with E-state index in [4.69, 9.17) is 0 Å². The van der Waals surface area contributed by atoms with Gasteiger partial charge < -0.3 is 0 Å². The van der Waals surface area contributed by atoms with Gasteiger partial charge in [-0.15, -0.1) is 10.2 Å². The number of hydrogen-bond acceptors (Lipinski definition) is 5. The Balaban J connectivity index is 2.54. The summed E-state index contributed by atoms with van der Waals surface area (Å²) in [5.41, 5.74) is 0.565. The number of hydrogen-bond donors (Lipinski definition) is 0. The van der Waals surface area contributed by atoms with Crippen LogP contribution in [0, 0.1) is 0 Å². The zero-order valence-electron chi connectivity index (χ0n) is 4.72. The van der Waals surface area contributed by atoms with Crippen molar-refractivity contribution >= 4 is 23.5 Å². The molecule has 1 amide bonds. The third-order valence-electron chi connectivity index (χ3n) is 1.07. The lowest BCUT2D eigenvalue weighted by molar-refractivity contribution is -0.112. The molecule has 2 aliphatic heterocycles. The molecule has 2 aliphatic rings. The molecule has 0 aromatic carbocycles. The summed E-state index contributed by atoms with van der Waals surface area (Å²) >= 11 is 0. The van der Waals surface area contributed by atoms with Gasteiger partial charge in [-0.2, -0.15) is 5.10 Å². The molecule has 0 unspecified atom stereocenters. The molecule has 0 saturated heterocycles. The minimum Gasteiger partial charge on any atom is -0.263 e. The first-order chi connectivity index (χ1) is 4.88. The number of amides is 1. The second-order valence-corrected chi connectivity index (χ2v) is 1.67. The summed E-state index contributed by atoms with van der Waals surface area (Å²) in [6, 6.07) is 0. The average Bonchev–Trinajstić information content (AvgIpc) is 2.36. The van der Waals surface area contributed by atoms with E-state index in [0.717, 1.165) is 0 Å². The molecule has 0 aromatic rings. The van der Waals surface area contributed by atoms with Crippen molar-refractivity contribution in [1.29, 1.82) is 0 Å². The van der Waals surface area contributed by atoms with Crippen molar-refractivity contribution in [3.05, 3.63) is 0 Å². The van der Waals surface area contributed by atoms with Gasteiger partial charge in [-0.05, 0) is 5.22 Å². The Kier molecular flexibility index (Phi) is 0.830. The van der Waals surface area contributed by atoms with Gasteiger partial charge in [0.1, 0.15) is 5.71 Å². The summed E-state index contributed by atoms with van der Waals surface area (Å²) < 4.78 is 0. The highest BCUT2D eigenvalue weighted by atomic mass is 16.2. The van der Waals surface area contributed by atoms with Crippen LogP contribution in [0.4, 0.5) is 0 Å². The van der Waals surface area contributed by atoms with E-state index in [2.05, 4.69) is 25.6 Å². The summed E-state index contributed by atoms with van der Waals surface area (Å²) in [5.74, 6) is -0.484. The minimum absolute atomic E-state index is 0.176. The fourth-order valence-corrected chi connectivity index (χ4v) is 0.638. The average molecular weight is 135 g/mol. The Morgan fingerprint density at radius 1 is 1.30 bits per heavy atom. The number of carbonyl (C=O) groups excluding carboxylic acids is 1. The van der Waals surface area contributed by atoms with Crippen molar-refractivity contribution in [3.63, 3.8) is 0 Å². The highest BCUT2D eigenvalue weighted by Gasteiger charge is 2.23. The monoisotopic (exact) mass is 135 g/mol. The molecule has 2 rings (SSSR count). The van der Waals surface area contributed by atoms with E-state index in [9.17, 15) is 4.79 Å². The molecule has 0 saturated carbocycles. The number of carbonyl (C=O) groups is 1. The smallest absolute Gasteiger partial charge is 0.263 e. The lowest BCUT2D eigenvalue weighted by atomic mass is 10.2. The molecule has 0 radical (unpaired) electrons. The normalized spacial score (nSPS) is 20.6. The first-order valence-electron chi connectivity index (χ1n) is 2.52. The molecule has 2 heterocycles. The molecule has 10 heavy (non-hydrogen) atoms. The van der Waals surface area contributed by atoms with Crippen LogP contribution in [0.25, 0.3) is 0 Å². The third-order valence-corrected chi connectivity index (χ3v) is 1.07. The lowest BCUT2D eigenvalue weighted by Gasteiger charge is -1.94. The van der Waals surface area contributed by atoms with Crippen molar-refractivity contribution in [2.45, 2.75) is 0 Å². The van der Waals surface area contributed by atoms with Crippen molar-refractivity contribution in [1.82, 2.24) is 0 Å². The molecular weight excluding hydrogens is 134 g/mol. The topological polar surface area (TPSA) is 78.9 Å². The van der Waals surface area contributed by atoms with E-state index < -0.39 is 5.91 Å². The molecule has 0 fully saturated rings. The second kappa shape index (κ2) is 1.63. The molecule has 6 heteroatoms. The van der Waals surface area contributed by atoms with Crippen LogP contribution in [-0.2, 0) is 4.79 Å². The molecule has 0 N–H and O–H groups in total.